The number of nitrogens with one attached hydrogen (secondary N) is 1. The van der Waals surface area contributed by atoms with Gasteiger partial charge in [0, 0.05) is 18.2 Å². The summed E-state index contributed by atoms with van der Waals surface area (Å²) in [5.74, 6) is 0. The van der Waals surface area contributed by atoms with Crippen LogP contribution in [0.1, 0.15) is 31.7 Å². The monoisotopic (exact) mass is 248 g/mol. The average molecular weight is 248 g/mol. The van der Waals surface area contributed by atoms with Crippen molar-refractivity contribution in [3.63, 3.8) is 0 Å². The highest BCUT2D eigenvalue weighted by atomic mass is 16.6. The third-order valence-electron chi connectivity index (χ3n) is 3.97. The van der Waals surface area contributed by atoms with Crippen molar-refractivity contribution in [1.82, 2.24) is 5.32 Å². The molecule has 4 heteroatoms. The Morgan fingerprint density at radius 2 is 2.11 bits per heavy atom. The zero-order valence-corrected chi connectivity index (χ0v) is 10.8. The Morgan fingerprint density at radius 3 is 2.72 bits per heavy atom. The molecule has 0 aromatic heterocycles. The van der Waals surface area contributed by atoms with Gasteiger partial charge in [-0.3, -0.25) is 10.1 Å². The van der Waals surface area contributed by atoms with E-state index in [1.54, 1.807) is 12.1 Å². The van der Waals surface area contributed by atoms with Crippen LogP contribution >= 0.6 is 0 Å². The largest absolute Gasteiger partial charge is 0.316 e. The van der Waals surface area contributed by atoms with Crippen LogP contribution in [0.25, 0.3) is 0 Å². The fourth-order valence-electron chi connectivity index (χ4n) is 2.31. The van der Waals surface area contributed by atoms with Gasteiger partial charge in [-0.05, 0) is 37.6 Å². The second-order valence-electron chi connectivity index (χ2n) is 5.17. The summed E-state index contributed by atoms with van der Waals surface area (Å²) in [5, 5.41) is 14.3. The molecule has 0 heterocycles. The molecule has 1 fully saturated rings. The molecule has 1 N–H and O–H groups in total. The van der Waals surface area contributed by atoms with Gasteiger partial charge in [-0.2, -0.15) is 0 Å². The van der Waals surface area contributed by atoms with Crippen molar-refractivity contribution in [3.8, 4) is 0 Å². The SMILES string of the molecule is CCC1(CNCCc2ccccc2[N+](=O)[O-])CC1. The molecule has 18 heavy (non-hydrogen) atoms. The topological polar surface area (TPSA) is 55.2 Å². The normalized spacial score (nSPS) is 16.5. The fourth-order valence-corrected chi connectivity index (χ4v) is 2.31. The van der Waals surface area contributed by atoms with Crippen LogP contribution in [-0.4, -0.2) is 18.0 Å². The van der Waals surface area contributed by atoms with Gasteiger partial charge in [-0.15, -0.1) is 0 Å². The highest BCUT2D eigenvalue weighted by Crippen LogP contribution is 2.47. The molecule has 0 unspecified atom stereocenters. The summed E-state index contributed by atoms with van der Waals surface area (Å²) in [4.78, 5) is 10.6. The third kappa shape index (κ3) is 3.07. The highest BCUT2D eigenvalue weighted by molar-refractivity contribution is 5.39. The van der Waals surface area contributed by atoms with Gasteiger partial charge in [0.05, 0.1) is 4.92 Å². The molecular formula is C14H20N2O2. The van der Waals surface area contributed by atoms with E-state index in [-0.39, 0.29) is 10.6 Å². The lowest BCUT2D eigenvalue weighted by Crippen LogP contribution is -2.25. The molecule has 98 valence electrons. The van der Waals surface area contributed by atoms with Gasteiger partial charge in [0.2, 0.25) is 0 Å². The zero-order valence-electron chi connectivity index (χ0n) is 10.8. The number of rotatable bonds is 7. The third-order valence-corrected chi connectivity index (χ3v) is 3.97. The van der Waals surface area contributed by atoms with Crippen molar-refractivity contribution in [2.45, 2.75) is 32.6 Å². The predicted molar refractivity (Wildman–Crippen MR) is 71.6 cm³/mol. The molecule has 0 bridgehead atoms. The van der Waals surface area contributed by atoms with E-state index in [0.717, 1.165) is 25.1 Å². The van der Waals surface area contributed by atoms with Gasteiger partial charge in [-0.1, -0.05) is 25.1 Å². The maximum absolute atomic E-state index is 10.9. The zero-order chi connectivity index (χ0) is 13.0. The van der Waals surface area contributed by atoms with E-state index in [9.17, 15) is 10.1 Å². The van der Waals surface area contributed by atoms with Crippen LogP contribution in [0.4, 0.5) is 5.69 Å². The molecule has 4 nitrogen and oxygen atoms in total. The van der Waals surface area contributed by atoms with E-state index in [4.69, 9.17) is 0 Å². The Kier molecular flexibility index (Phi) is 3.97. The van der Waals surface area contributed by atoms with Crippen LogP contribution in [0.2, 0.25) is 0 Å². The summed E-state index contributed by atoms with van der Waals surface area (Å²) >= 11 is 0. The molecule has 0 atom stereocenters. The lowest BCUT2D eigenvalue weighted by atomic mass is 10.0. The molecule has 0 amide bonds. The average Bonchev–Trinajstić information content (AvgIpc) is 3.16. The number of nitrogens with zero attached hydrogens (tertiary/aromatic N) is 1. The lowest BCUT2D eigenvalue weighted by Gasteiger charge is -2.13. The second kappa shape index (κ2) is 5.48. The van der Waals surface area contributed by atoms with Gasteiger partial charge in [0.1, 0.15) is 0 Å². The molecule has 2 rings (SSSR count). The van der Waals surface area contributed by atoms with E-state index in [1.807, 2.05) is 12.1 Å². The first-order valence-electron chi connectivity index (χ1n) is 6.60. The summed E-state index contributed by atoms with van der Waals surface area (Å²) in [6.07, 6.45) is 4.59. The molecule has 1 aliphatic rings. The Labute approximate surface area is 108 Å². The molecule has 1 saturated carbocycles. The molecular weight excluding hydrogens is 228 g/mol. The number of hydrogen-bond acceptors (Lipinski definition) is 3. The maximum atomic E-state index is 10.9. The molecule has 0 radical (unpaired) electrons. The first-order chi connectivity index (χ1) is 8.67. The minimum Gasteiger partial charge on any atom is -0.316 e. The standard InChI is InChI=1S/C14H20N2O2/c1-2-14(8-9-14)11-15-10-7-12-5-3-4-6-13(12)16(17)18/h3-6,15H,2,7-11H2,1H3. The van der Waals surface area contributed by atoms with Crippen LogP contribution < -0.4 is 5.32 Å². The van der Waals surface area contributed by atoms with Crippen molar-refractivity contribution in [2.24, 2.45) is 5.41 Å². The summed E-state index contributed by atoms with van der Waals surface area (Å²) in [7, 11) is 0. The summed E-state index contributed by atoms with van der Waals surface area (Å²) in [5.41, 5.74) is 1.58. The van der Waals surface area contributed by atoms with Crippen molar-refractivity contribution < 1.29 is 4.92 Å². The van der Waals surface area contributed by atoms with Crippen molar-refractivity contribution >= 4 is 5.69 Å². The fraction of sp³-hybridized carbons (Fsp3) is 0.571. The predicted octanol–water partition coefficient (Wildman–Crippen LogP) is 2.92. The Hall–Kier alpha value is -1.42. The summed E-state index contributed by atoms with van der Waals surface area (Å²) in [6.45, 7) is 4.09. The van der Waals surface area contributed by atoms with Crippen molar-refractivity contribution in [1.29, 1.82) is 0 Å². The minimum absolute atomic E-state index is 0.232. The lowest BCUT2D eigenvalue weighted by molar-refractivity contribution is -0.385. The van der Waals surface area contributed by atoms with Crippen LogP contribution in [0.15, 0.2) is 24.3 Å². The molecule has 0 spiro atoms. The summed E-state index contributed by atoms with van der Waals surface area (Å²) in [6, 6.07) is 6.98. The van der Waals surface area contributed by atoms with Gasteiger partial charge in [0.25, 0.3) is 5.69 Å². The van der Waals surface area contributed by atoms with E-state index < -0.39 is 0 Å². The highest BCUT2D eigenvalue weighted by Gasteiger charge is 2.39. The molecule has 1 aromatic carbocycles. The first-order valence-corrected chi connectivity index (χ1v) is 6.60. The number of hydrogen-bond donors (Lipinski definition) is 1. The van der Waals surface area contributed by atoms with Crippen LogP contribution in [0.3, 0.4) is 0 Å². The summed E-state index contributed by atoms with van der Waals surface area (Å²) < 4.78 is 0. The van der Waals surface area contributed by atoms with Gasteiger partial charge >= 0.3 is 0 Å². The van der Waals surface area contributed by atoms with Crippen molar-refractivity contribution in [3.05, 3.63) is 39.9 Å². The van der Waals surface area contributed by atoms with Gasteiger partial charge < -0.3 is 5.32 Å². The van der Waals surface area contributed by atoms with E-state index >= 15 is 0 Å². The maximum Gasteiger partial charge on any atom is 0.272 e. The smallest absolute Gasteiger partial charge is 0.272 e. The molecule has 0 aliphatic heterocycles. The number of nitro benzene ring substituents is 1. The number of para-hydroxylation sites is 1. The van der Waals surface area contributed by atoms with Gasteiger partial charge in [-0.25, -0.2) is 0 Å². The minimum atomic E-state index is -0.302. The molecule has 1 aromatic rings. The van der Waals surface area contributed by atoms with E-state index in [0.29, 0.717) is 5.41 Å². The van der Waals surface area contributed by atoms with Crippen LogP contribution in [0.5, 0.6) is 0 Å². The Balaban J connectivity index is 1.81. The Morgan fingerprint density at radius 1 is 1.39 bits per heavy atom. The Bertz CT molecular complexity index is 428. The van der Waals surface area contributed by atoms with Crippen molar-refractivity contribution in [2.75, 3.05) is 13.1 Å². The second-order valence-corrected chi connectivity index (χ2v) is 5.17. The quantitative estimate of drug-likeness (QED) is 0.458. The number of nitro groups is 1. The molecule has 0 saturated heterocycles. The van der Waals surface area contributed by atoms with Crippen LogP contribution in [0, 0.1) is 15.5 Å². The van der Waals surface area contributed by atoms with E-state index in [1.165, 1.54) is 19.3 Å². The first kappa shape index (κ1) is 13.0. The number of benzene rings is 1. The van der Waals surface area contributed by atoms with E-state index in [2.05, 4.69) is 12.2 Å². The van der Waals surface area contributed by atoms with Crippen LogP contribution in [-0.2, 0) is 6.42 Å². The molecule has 1 aliphatic carbocycles. The van der Waals surface area contributed by atoms with Gasteiger partial charge in [0.15, 0.2) is 0 Å².